The Kier molecular flexibility index (Phi) is 7.78. The minimum Gasteiger partial charge on any atom is -0.478 e. The topological polar surface area (TPSA) is 155 Å². The minimum atomic E-state index is -1.15. The minimum absolute atomic E-state index is 0.0125. The maximum Gasteiger partial charge on any atom is 0.340 e. The van der Waals surface area contributed by atoms with Crippen LogP contribution in [-0.4, -0.2) is 121 Å². The number of quaternary nitrogens is 2. The second-order valence-electron chi connectivity index (χ2n) is 16.1. The van der Waals surface area contributed by atoms with Crippen LogP contribution in [0.25, 0.3) is 89.7 Å². The van der Waals surface area contributed by atoms with Crippen LogP contribution in [0.5, 0.6) is 5.75 Å². The number of benzene rings is 4. The second-order valence-corrected chi connectivity index (χ2v) is 16.1. The Bertz CT molecular complexity index is 2860. The number of aromatic carboxylic acids is 1. The SMILES string of the molecule is C[N+](C)(C)CC(C[N+](C)(C)C)Oc1ccc2c3nc4nc(nc5[nH]c(nc6nc(nc([nH]3)c2c1C(=O)O)-c1ccccc1-6)c1ccccc51)-c1ccccc1-4. The van der Waals surface area contributed by atoms with Gasteiger partial charge in [-0.2, -0.15) is 0 Å². The van der Waals surface area contributed by atoms with E-state index < -0.39 is 5.97 Å². The Labute approximate surface area is 316 Å². The highest BCUT2D eigenvalue weighted by Gasteiger charge is 2.30. The molecule has 0 radical (unpaired) electrons. The predicted octanol–water partition coefficient (Wildman–Crippen LogP) is 6.73. The van der Waals surface area contributed by atoms with Crippen LogP contribution in [0.15, 0.2) is 84.9 Å². The molecule has 7 aromatic rings. The summed E-state index contributed by atoms with van der Waals surface area (Å²) in [6.45, 7) is 1.32. The van der Waals surface area contributed by atoms with Crippen molar-refractivity contribution in [2.45, 2.75) is 6.10 Å². The molecule has 13 nitrogen and oxygen atoms in total. The van der Waals surface area contributed by atoms with E-state index in [1.54, 1.807) is 6.07 Å². The number of ether oxygens (including phenoxy) is 1. The summed E-state index contributed by atoms with van der Waals surface area (Å²) < 4.78 is 7.96. The summed E-state index contributed by atoms with van der Waals surface area (Å²) in [5, 5.41) is 13.6. The molecule has 3 aromatic heterocycles. The van der Waals surface area contributed by atoms with E-state index >= 15 is 0 Å². The van der Waals surface area contributed by atoms with Gasteiger partial charge in [0.2, 0.25) is 0 Å². The molecule has 8 bridgehead atoms. The van der Waals surface area contributed by atoms with E-state index in [0.29, 0.717) is 73.1 Å². The quantitative estimate of drug-likeness (QED) is 0.151. The van der Waals surface area contributed by atoms with Gasteiger partial charge in [0.05, 0.1) is 42.3 Å². The number of nitrogens with zero attached hydrogens (tertiary/aromatic N) is 8. The van der Waals surface area contributed by atoms with Gasteiger partial charge in [0.15, 0.2) is 29.4 Å². The van der Waals surface area contributed by atoms with Crippen molar-refractivity contribution < 1.29 is 23.6 Å². The van der Waals surface area contributed by atoms with Crippen molar-refractivity contribution >= 4 is 50.1 Å². The van der Waals surface area contributed by atoms with Crippen LogP contribution in [0.2, 0.25) is 0 Å². The van der Waals surface area contributed by atoms with Gasteiger partial charge in [0.25, 0.3) is 0 Å². The Hall–Kier alpha value is -6.57. The molecule has 2 aliphatic rings. The third-order valence-corrected chi connectivity index (χ3v) is 9.69. The molecule has 0 fully saturated rings. The molecule has 5 heterocycles. The third-order valence-electron chi connectivity index (χ3n) is 9.69. The van der Waals surface area contributed by atoms with E-state index in [-0.39, 0.29) is 23.1 Å². The second kappa shape index (κ2) is 12.5. The van der Waals surface area contributed by atoms with Crippen molar-refractivity contribution in [1.29, 1.82) is 0 Å². The molecule has 4 aromatic carbocycles. The first kappa shape index (κ1) is 34.2. The number of hydrogen-bond acceptors (Lipinski definition) is 8. The maximum atomic E-state index is 13.4. The normalized spacial score (nSPS) is 12.6. The molecule has 2 aliphatic heterocycles. The van der Waals surface area contributed by atoms with E-state index in [9.17, 15) is 9.90 Å². The summed E-state index contributed by atoms with van der Waals surface area (Å²) in [4.78, 5) is 50.4. The average Bonchev–Trinajstić information content (AvgIpc) is 3.85. The first-order valence-corrected chi connectivity index (χ1v) is 18.1. The number of rotatable bonds is 7. The van der Waals surface area contributed by atoms with Crippen LogP contribution in [0, 0.1) is 0 Å². The van der Waals surface area contributed by atoms with E-state index in [0.717, 1.165) is 33.0 Å². The molecule has 0 aliphatic carbocycles. The third kappa shape index (κ3) is 6.22. The fourth-order valence-electron chi connectivity index (χ4n) is 7.56. The summed E-state index contributed by atoms with van der Waals surface area (Å²) in [5.41, 5.74) is 5.03. The fourth-order valence-corrected chi connectivity index (χ4v) is 7.56. The van der Waals surface area contributed by atoms with Crippen LogP contribution in [0.4, 0.5) is 0 Å². The number of fused-ring (bicyclic) bond motifs is 20. The van der Waals surface area contributed by atoms with Gasteiger partial charge in [-0.25, -0.2) is 34.7 Å². The number of carboxylic acids is 1. The van der Waals surface area contributed by atoms with Gasteiger partial charge in [-0.3, -0.25) is 0 Å². The Morgan fingerprint density at radius 2 is 0.964 bits per heavy atom. The Morgan fingerprint density at radius 1 is 0.564 bits per heavy atom. The molecule has 0 amide bonds. The number of carboxylic acid groups (broad SMARTS) is 1. The molecule has 0 atom stereocenters. The molecule has 0 saturated carbocycles. The number of H-pyrrole nitrogens is 2. The Morgan fingerprint density at radius 3 is 1.40 bits per heavy atom. The molecule has 13 heteroatoms. The molecule has 0 unspecified atom stereocenters. The van der Waals surface area contributed by atoms with Gasteiger partial charge in [0.1, 0.15) is 47.0 Å². The lowest BCUT2D eigenvalue weighted by molar-refractivity contribution is -0.894. The lowest BCUT2D eigenvalue weighted by Crippen LogP contribution is -2.51. The molecule has 3 N–H and O–H groups in total. The summed E-state index contributed by atoms with van der Waals surface area (Å²) in [6.07, 6.45) is -0.287. The first-order valence-electron chi connectivity index (χ1n) is 18.1. The van der Waals surface area contributed by atoms with Gasteiger partial charge in [0, 0.05) is 43.8 Å². The van der Waals surface area contributed by atoms with Gasteiger partial charge in [-0.1, -0.05) is 72.8 Å². The smallest absolute Gasteiger partial charge is 0.340 e. The van der Waals surface area contributed by atoms with Crippen molar-refractivity contribution in [2.24, 2.45) is 0 Å². The molecule has 274 valence electrons. The molecular formula is C42H40N10O3+2. The molecular weight excluding hydrogens is 693 g/mol. The molecule has 0 spiro atoms. The first-order chi connectivity index (χ1) is 26.3. The van der Waals surface area contributed by atoms with Crippen molar-refractivity contribution in [2.75, 3.05) is 55.4 Å². The average molecular weight is 733 g/mol. The van der Waals surface area contributed by atoms with Crippen LogP contribution < -0.4 is 4.74 Å². The summed E-state index contributed by atoms with van der Waals surface area (Å²) in [7, 11) is 12.6. The fraction of sp³-hybridized carbons (Fsp3) is 0.214. The van der Waals surface area contributed by atoms with Crippen molar-refractivity contribution in [1.82, 2.24) is 39.9 Å². The summed E-state index contributed by atoms with van der Waals surface area (Å²) in [5.74, 6) is 0.869. The van der Waals surface area contributed by atoms with Crippen LogP contribution in [0.3, 0.4) is 0 Å². The van der Waals surface area contributed by atoms with Crippen LogP contribution >= 0.6 is 0 Å². The van der Waals surface area contributed by atoms with Crippen molar-refractivity contribution in [3.8, 4) is 51.3 Å². The van der Waals surface area contributed by atoms with E-state index in [1.165, 1.54) is 0 Å². The summed E-state index contributed by atoms with van der Waals surface area (Å²) in [6, 6.07) is 27.0. The van der Waals surface area contributed by atoms with Gasteiger partial charge in [-0.05, 0) is 12.1 Å². The molecule has 0 saturated heterocycles. The number of aromatic amines is 2. The number of nitrogens with one attached hydrogen (secondary N) is 2. The van der Waals surface area contributed by atoms with Gasteiger partial charge in [-0.15, -0.1) is 0 Å². The van der Waals surface area contributed by atoms with Gasteiger partial charge < -0.3 is 28.8 Å². The number of aromatic nitrogens is 8. The molecule has 9 rings (SSSR count). The van der Waals surface area contributed by atoms with Crippen molar-refractivity contribution in [3.63, 3.8) is 0 Å². The van der Waals surface area contributed by atoms with E-state index in [4.69, 9.17) is 34.6 Å². The maximum absolute atomic E-state index is 13.4. The number of carbonyl (C=O) groups is 1. The summed E-state index contributed by atoms with van der Waals surface area (Å²) >= 11 is 0. The Balaban J connectivity index is 1.40. The standard InChI is InChI=1S/C42H38N10O3/c1-51(2,3)21-23(22-52(4,5)6)55-31-20-19-30-32(33(31)42(53)54)41-49-39-29-18-12-11-17-28(29)37(47-39)45-35-25-14-8-7-13-24(25)34(43-35)44-36-26-15-9-10-16-27(26)38(46-36)48-40(30)50-41/h7-20,23H,21-22H2,1-6H3,(H-2,43,44,45,46,47,48,49,50,53,54)/p+2. The zero-order valence-corrected chi connectivity index (χ0v) is 31.4. The highest BCUT2D eigenvalue weighted by atomic mass is 16.5. The van der Waals surface area contributed by atoms with E-state index in [2.05, 4.69) is 52.3 Å². The monoisotopic (exact) mass is 732 g/mol. The largest absolute Gasteiger partial charge is 0.478 e. The van der Waals surface area contributed by atoms with Crippen LogP contribution in [0.1, 0.15) is 10.4 Å². The highest BCUT2D eigenvalue weighted by molar-refractivity contribution is 6.16. The lowest BCUT2D eigenvalue weighted by atomic mass is 10.1. The number of hydrogen-bond donors (Lipinski definition) is 3. The number of likely N-dealkylation sites (N-methyl/N-ethyl adjacent to an activating group) is 2. The van der Waals surface area contributed by atoms with E-state index in [1.807, 2.05) is 78.9 Å². The zero-order chi connectivity index (χ0) is 38.2. The van der Waals surface area contributed by atoms with Crippen molar-refractivity contribution in [3.05, 3.63) is 90.5 Å². The van der Waals surface area contributed by atoms with Gasteiger partial charge >= 0.3 is 5.97 Å². The molecule has 55 heavy (non-hydrogen) atoms. The lowest BCUT2D eigenvalue weighted by Gasteiger charge is -2.34. The zero-order valence-electron chi connectivity index (χ0n) is 31.4. The predicted molar refractivity (Wildman–Crippen MR) is 213 cm³/mol. The highest BCUT2D eigenvalue weighted by Crippen LogP contribution is 2.39. The van der Waals surface area contributed by atoms with Crippen LogP contribution in [-0.2, 0) is 0 Å².